The monoisotopic (exact) mass is 242 g/mol. The van der Waals surface area contributed by atoms with Crippen LogP contribution in [-0.2, 0) is 4.74 Å². The van der Waals surface area contributed by atoms with Crippen molar-refractivity contribution in [2.75, 3.05) is 13.2 Å². The van der Waals surface area contributed by atoms with E-state index in [9.17, 15) is 9.50 Å². The first kappa shape index (κ1) is 11.9. The molecule has 1 aromatic carbocycles. The Morgan fingerprint density at radius 2 is 2.19 bits per heavy atom. The van der Waals surface area contributed by atoms with Crippen LogP contribution in [0.4, 0.5) is 4.39 Å². The minimum absolute atomic E-state index is 0.259. The molecule has 0 aliphatic carbocycles. The van der Waals surface area contributed by atoms with Crippen LogP contribution >= 0.6 is 11.8 Å². The molecule has 0 spiro atoms. The molecule has 0 radical (unpaired) electrons. The number of aryl methyl sites for hydroxylation is 1. The second-order valence-corrected chi connectivity index (χ2v) is 5.43. The summed E-state index contributed by atoms with van der Waals surface area (Å²) in [5.41, 5.74) is 1.28. The SMILES string of the molecule is Cc1cc(SC2COC2)c(C(C)O)cc1F. The van der Waals surface area contributed by atoms with Gasteiger partial charge in [-0.3, -0.25) is 0 Å². The van der Waals surface area contributed by atoms with E-state index >= 15 is 0 Å². The topological polar surface area (TPSA) is 29.5 Å². The molecule has 4 heteroatoms. The summed E-state index contributed by atoms with van der Waals surface area (Å²) in [5.74, 6) is -0.259. The molecule has 0 bridgehead atoms. The lowest BCUT2D eigenvalue weighted by Gasteiger charge is -2.26. The normalized spacial score (nSPS) is 18.2. The lowest BCUT2D eigenvalue weighted by atomic mass is 10.1. The van der Waals surface area contributed by atoms with E-state index in [1.165, 1.54) is 6.07 Å². The molecule has 2 nitrogen and oxygen atoms in total. The molecule has 1 atom stereocenters. The summed E-state index contributed by atoms with van der Waals surface area (Å²) in [7, 11) is 0. The molecule has 1 saturated heterocycles. The van der Waals surface area contributed by atoms with Crippen molar-refractivity contribution in [3.05, 3.63) is 29.1 Å². The van der Waals surface area contributed by atoms with Crippen LogP contribution in [0.15, 0.2) is 17.0 Å². The van der Waals surface area contributed by atoms with E-state index < -0.39 is 6.10 Å². The Morgan fingerprint density at radius 3 is 2.69 bits per heavy atom. The maximum Gasteiger partial charge on any atom is 0.126 e. The molecular formula is C12H15FO2S. The lowest BCUT2D eigenvalue weighted by molar-refractivity contribution is 0.0455. The highest BCUT2D eigenvalue weighted by atomic mass is 32.2. The largest absolute Gasteiger partial charge is 0.389 e. The average Bonchev–Trinajstić information content (AvgIpc) is 2.16. The zero-order valence-electron chi connectivity index (χ0n) is 9.37. The zero-order chi connectivity index (χ0) is 11.7. The number of benzene rings is 1. The third kappa shape index (κ3) is 2.39. The highest BCUT2D eigenvalue weighted by Gasteiger charge is 2.22. The smallest absolute Gasteiger partial charge is 0.126 e. The van der Waals surface area contributed by atoms with Crippen LogP contribution in [0, 0.1) is 12.7 Å². The number of thioether (sulfide) groups is 1. The second kappa shape index (κ2) is 4.73. The number of hydrogen-bond acceptors (Lipinski definition) is 3. The maximum atomic E-state index is 13.4. The Morgan fingerprint density at radius 1 is 1.50 bits per heavy atom. The van der Waals surface area contributed by atoms with Crippen LogP contribution in [0.25, 0.3) is 0 Å². The molecule has 1 unspecified atom stereocenters. The Balaban J connectivity index is 2.28. The maximum absolute atomic E-state index is 13.4. The van der Waals surface area contributed by atoms with Gasteiger partial charge < -0.3 is 9.84 Å². The van der Waals surface area contributed by atoms with Gasteiger partial charge in [-0.15, -0.1) is 11.8 Å². The summed E-state index contributed by atoms with van der Waals surface area (Å²) in [6, 6.07) is 3.24. The molecule has 1 aliphatic heterocycles. The molecular weight excluding hydrogens is 227 g/mol. The van der Waals surface area contributed by atoms with Gasteiger partial charge in [0.1, 0.15) is 5.82 Å². The molecule has 16 heavy (non-hydrogen) atoms. The number of rotatable bonds is 3. The van der Waals surface area contributed by atoms with E-state index in [1.54, 1.807) is 31.7 Å². The fourth-order valence-electron chi connectivity index (χ4n) is 1.56. The molecule has 1 N–H and O–H groups in total. The van der Waals surface area contributed by atoms with Crippen molar-refractivity contribution in [3.8, 4) is 0 Å². The van der Waals surface area contributed by atoms with Crippen molar-refractivity contribution in [1.29, 1.82) is 0 Å². The predicted molar refractivity (Wildman–Crippen MR) is 62.2 cm³/mol. The van der Waals surface area contributed by atoms with Crippen molar-refractivity contribution in [2.24, 2.45) is 0 Å². The third-order valence-electron chi connectivity index (χ3n) is 2.64. The van der Waals surface area contributed by atoms with Crippen LogP contribution in [0.3, 0.4) is 0 Å². The summed E-state index contributed by atoms with van der Waals surface area (Å²) in [4.78, 5) is 0.960. The number of hydrogen-bond donors (Lipinski definition) is 1. The van der Waals surface area contributed by atoms with Crippen molar-refractivity contribution < 1.29 is 14.2 Å². The van der Waals surface area contributed by atoms with Gasteiger partial charge in [0.25, 0.3) is 0 Å². The van der Waals surface area contributed by atoms with E-state index in [-0.39, 0.29) is 5.82 Å². The first-order valence-electron chi connectivity index (χ1n) is 5.30. The van der Waals surface area contributed by atoms with Gasteiger partial charge in [-0.2, -0.15) is 0 Å². The van der Waals surface area contributed by atoms with Crippen LogP contribution in [0.2, 0.25) is 0 Å². The summed E-state index contributed by atoms with van der Waals surface area (Å²) in [6.07, 6.45) is -0.640. The van der Waals surface area contributed by atoms with Gasteiger partial charge in [0.15, 0.2) is 0 Å². The molecule has 1 fully saturated rings. The first-order valence-corrected chi connectivity index (χ1v) is 6.18. The molecule has 0 saturated carbocycles. The molecule has 0 aromatic heterocycles. The van der Waals surface area contributed by atoms with Crippen LogP contribution in [-0.4, -0.2) is 23.6 Å². The lowest BCUT2D eigenvalue weighted by Crippen LogP contribution is -2.30. The average molecular weight is 242 g/mol. The number of ether oxygens (including phenoxy) is 1. The van der Waals surface area contributed by atoms with E-state index in [2.05, 4.69) is 0 Å². The Labute approximate surface area is 98.8 Å². The summed E-state index contributed by atoms with van der Waals surface area (Å²) < 4.78 is 18.5. The van der Waals surface area contributed by atoms with Crippen LogP contribution < -0.4 is 0 Å². The van der Waals surface area contributed by atoms with Gasteiger partial charge in [-0.1, -0.05) is 0 Å². The number of aliphatic hydroxyl groups excluding tert-OH is 1. The third-order valence-corrected chi connectivity index (χ3v) is 3.86. The van der Waals surface area contributed by atoms with Gasteiger partial charge in [-0.05, 0) is 37.1 Å². The summed E-state index contributed by atoms with van der Waals surface area (Å²) >= 11 is 1.66. The Hall–Kier alpha value is -0.580. The zero-order valence-corrected chi connectivity index (χ0v) is 10.2. The summed E-state index contributed by atoms with van der Waals surface area (Å²) in [6.45, 7) is 4.87. The first-order chi connectivity index (χ1) is 7.58. The van der Waals surface area contributed by atoms with Crippen molar-refractivity contribution in [3.63, 3.8) is 0 Å². The van der Waals surface area contributed by atoms with E-state index in [4.69, 9.17) is 4.74 Å². The van der Waals surface area contributed by atoms with E-state index in [0.717, 1.165) is 18.1 Å². The fourth-order valence-corrected chi connectivity index (χ4v) is 2.86. The van der Waals surface area contributed by atoms with E-state index in [1.807, 2.05) is 0 Å². The van der Waals surface area contributed by atoms with Crippen molar-refractivity contribution >= 4 is 11.8 Å². The van der Waals surface area contributed by atoms with Gasteiger partial charge in [-0.25, -0.2) is 4.39 Å². The second-order valence-electron chi connectivity index (χ2n) is 4.09. The minimum Gasteiger partial charge on any atom is -0.389 e. The highest BCUT2D eigenvalue weighted by Crippen LogP contribution is 2.34. The number of halogens is 1. The molecule has 0 amide bonds. The van der Waals surface area contributed by atoms with Crippen molar-refractivity contribution in [1.82, 2.24) is 0 Å². The van der Waals surface area contributed by atoms with Crippen LogP contribution in [0.5, 0.6) is 0 Å². The number of aliphatic hydroxyl groups is 1. The fraction of sp³-hybridized carbons (Fsp3) is 0.500. The van der Waals surface area contributed by atoms with Gasteiger partial charge in [0.05, 0.1) is 24.6 Å². The Kier molecular flexibility index (Phi) is 3.52. The standard InChI is InChI=1S/C12H15FO2S/c1-7-3-12(16-9-5-15-6-9)10(8(2)14)4-11(7)13/h3-4,8-9,14H,5-6H2,1-2H3. The molecule has 1 aliphatic rings. The molecule has 1 heterocycles. The molecule has 2 rings (SSSR count). The summed E-state index contributed by atoms with van der Waals surface area (Å²) in [5, 5.41) is 10.0. The predicted octanol–water partition coefficient (Wildman–Crippen LogP) is 2.68. The van der Waals surface area contributed by atoms with Gasteiger partial charge in [0, 0.05) is 4.90 Å². The minimum atomic E-state index is -0.640. The van der Waals surface area contributed by atoms with Crippen LogP contribution in [0.1, 0.15) is 24.2 Å². The Bertz CT molecular complexity index is 389. The van der Waals surface area contributed by atoms with Crippen molar-refractivity contribution in [2.45, 2.75) is 30.1 Å². The highest BCUT2D eigenvalue weighted by molar-refractivity contribution is 8.00. The van der Waals surface area contributed by atoms with E-state index in [0.29, 0.717) is 16.4 Å². The van der Waals surface area contributed by atoms with Gasteiger partial charge >= 0.3 is 0 Å². The quantitative estimate of drug-likeness (QED) is 0.883. The molecule has 88 valence electrons. The van der Waals surface area contributed by atoms with Gasteiger partial charge in [0.2, 0.25) is 0 Å². The molecule has 1 aromatic rings.